The molecule has 2 aromatic heterocycles. The highest BCUT2D eigenvalue weighted by atomic mass is 32.1. The summed E-state index contributed by atoms with van der Waals surface area (Å²) in [5, 5.41) is 13.1. The van der Waals surface area contributed by atoms with E-state index in [1.165, 1.54) is 0 Å². The minimum absolute atomic E-state index is 0.226. The number of aliphatic hydroxyl groups is 1. The molecule has 4 aromatic rings. The minimum atomic E-state index is -1.05. The second kappa shape index (κ2) is 4.84. The Balaban J connectivity index is 1.73. The van der Waals surface area contributed by atoms with Gasteiger partial charge >= 0.3 is 0 Å². The topological polar surface area (TPSA) is 46.0 Å². The minimum Gasteiger partial charge on any atom is -0.375 e. The van der Waals surface area contributed by atoms with Crippen molar-refractivity contribution in [1.82, 2.24) is 9.97 Å². The van der Waals surface area contributed by atoms with Gasteiger partial charge in [0, 0.05) is 5.92 Å². The third-order valence-corrected chi connectivity index (χ3v) is 6.73. The van der Waals surface area contributed by atoms with Crippen LogP contribution < -0.4 is 0 Å². The molecule has 3 nitrogen and oxygen atoms in total. The summed E-state index contributed by atoms with van der Waals surface area (Å²) >= 11 is 3.17. The van der Waals surface area contributed by atoms with Crippen LogP contribution in [0, 0.1) is 5.92 Å². The van der Waals surface area contributed by atoms with Gasteiger partial charge < -0.3 is 5.11 Å². The zero-order valence-corrected chi connectivity index (χ0v) is 13.9. The van der Waals surface area contributed by atoms with Crippen molar-refractivity contribution < 1.29 is 5.11 Å². The van der Waals surface area contributed by atoms with E-state index in [1.54, 1.807) is 22.7 Å². The van der Waals surface area contributed by atoms with E-state index in [-0.39, 0.29) is 5.92 Å². The lowest BCUT2D eigenvalue weighted by Crippen LogP contribution is -2.29. The standard InChI is InChI=1S/C18H14N2OS2/c21-18(11-9-10-11,16-19-12-5-1-3-7-14(12)22-16)17-20-13-6-2-4-8-15(13)23-17/h1-8,11,21H,9-10H2. The summed E-state index contributed by atoms with van der Waals surface area (Å²) in [6.07, 6.45) is 2.06. The number of aromatic nitrogens is 2. The third kappa shape index (κ3) is 2.04. The van der Waals surface area contributed by atoms with Crippen LogP contribution in [0.5, 0.6) is 0 Å². The molecule has 0 aliphatic heterocycles. The Labute approximate surface area is 141 Å². The van der Waals surface area contributed by atoms with E-state index >= 15 is 0 Å². The van der Waals surface area contributed by atoms with E-state index in [0.717, 1.165) is 43.3 Å². The van der Waals surface area contributed by atoms with Gasteiger partial charge in [-0.15, -0.1) is 22.7 Å². The fourth-order valence-corrected chi connectivity index (χ4v) is 5.35. The van der Waals surface area contributed by atoms with E-state index in [2.05, 4.69) is 12.1 Å². The van der Waals surface area contributed by atoms with Gasteiger partial charge in [-0.05, 0) is 37.1 Å². The van der Waals surface area contributed by atoms with Crippen LogP contribution in [-0.4, -0.2) is 15.1 Å². The van der Waals surface area contributed by atoms with Gasteiger partial charge in [0.15, 0.2) is 5.60 Å². The van der Waals surface area contributed by atoms with E-state index in [0.29, 0.717) is 0 Å². The predicted molar refractivity (Wildman–Crippen MR) is 95.0 cm³/mol. The summed E-state index contributed by atoms with van der Waals surface area (Å²) in [6.45, 7) is 0. The summed E-state index contributed by atoms with van der Waals surface area (Å²) in [5.41, 5.74) is 0.855. The molecular formula is C18H14N2OS2. The largest absolute Gasteiger partial charge is 0.375 e. The van der Waals surface area contributed by atoms with Crippen molar-refractivity contribution in [1.29, 1.82) is 0 Å². The smallest absolute Gasteiger partial charge is 0.170 e. The van der Waals surface area contributed by atoms with Crippen LogP contribution in [0.4, 0.5) is 0 Å². The molecule has 2 heterocycles. The maximum Gasteiger partial charge on any atom is 0.170 e. The monoisotopic (exact) mass is 338 g/mol. The fourth-order valence-electron chi connectivity index (χ4n) is 3.01. The highest BCUT2D eigenvalue weighted by Gasteiger charge is 2.50. The Hall–Kier alpha value is -1.82. The lowest BCUT2D eigenvalue weighted by molar-refractivity contribution is 0.0563. The molecule has 1 N–H and O–H groups in total. The maximum absolute atomic E-state index is 11.6. The van der Waals surface area contributed by atoms with Gasteiger partial charge in [-0.25, -0.2) is 9.97 Å². The first kappa shape index (κ1) is 13.6. The van der Waals surface area contributed by atoms with Crippen molar-refractivity contribution in [2.24, 2.45) is 5.92 Å². The van der Waals surface area contributed by atoms with Crippen molar-refractivity contribution >= 4 is 43.1 Å². The van der Waals surface area contributed by atoms with Crippen LogP contribution in [0.1, 0.15) is 22.9 Å². The second-order valence-electron chi connectivity index (χ2n) is 6.01. The normalized spacial score (nSPS) is 15.5. The molecule has 0 radical (unpaired) electrons. The first-order chi connectivity index (χ1) is 11.2. The lowest BCUT2D eigenvalue weighted by Gasteiger charge is -2.23. The highest BCUT2D eigenvalue weighted by Crippen LogP contribution is 2.52. The van der Waals surface area contributed by atoms with Gasteiger partial charge in [-0.2, -0.15) is 0 Å². The molecule has 5 rings (SSSR count). The molecule has 1 aliphatic carbocycles. The molecule has 1 saturated carbocycles. The molecule has 1 fully saturated rings. The zero-order valence-electron chi connectivity index (χ0n) is 12.3. The molecule has 114 valence electrons. The van der Waals surface area contributed by atoms with Gasteiger partial charge in [-0.3, -0.25) is 0 Å². The van der Waals surface area contributed by atoms with Crippen LogP contribution in [0.15, 0.2) is 48.5 Å². The molecule has 0 bridgehead atoms. The predicted octanol–water partition coefficient (Wildman–Crippen LogP) is 4.55. The van der Waals surface area contributed by atoms with Gasteiger partial charge in [0.05, 0.1) is 20.4 Å². The van der Waals surface area contributed by atoms with Gasteiger partial charge in [0.2, 0.25) is 0 Å². The number of benzene rings is 2. The fraction of sp³-hybridized carbons (Fsp3) is 0.222. The van der Waals surface area contributed by atoms with E-state index in [4.69, 9.17) is 9.97 Å². The van der Waals surface area contributed by atoms with Crippen LogP contribution in [0.3, 0.4) is 0 Å². The van der Waals surface area contributed by atoms with Crippen molar-refractivity contribution in [3.8, 4) is 0 Å². The molecule has 0 unspecified atom stereocenters. The third-order valence-electron chi connectivity index (χ3n) is 4.41. The van der Waals surface area contributed by atoms with E-state index in [9.17, 15) is 5.11 Å². The Bertz CT molecular complexity index is 876. The number of rotatable bonds is 3. The number of hydrogen-bond acceptors (Lipinski definition) is 5. The highest BCUT2D eigenvalue weighted by molar-refractivity contribution is 7.20. The number of thiazole rings is 2. The molecule has 2 aromatic carbocycles. The summed E-state index contributed by atoms with van der Waals surface area (Å²) in [4.78, 5) is 9.46. The SMILES string of the molecule is OC(c1nc2ccccc2s1)(c1nc2ccccc2s1)C1CC1. The Morgan fingerprint density at radius 1 is 0.826 bits per heavy atom. The molecular weight excluding hydrogens is 324 g/mol. The van der Waals surface area contributed by atoms with Crippen LogP contribution in [0.2, 0.25) is 0 Å². The Morgan fingerprint density at radius 2 is 1.30 bits per heavy atom. The molecule has 23 heavy (non-hydrogen) atoms. The quantitative estimate of drug-likeness (QED) is 0.596. The molecule has 5 heteroatoms. The lowest BCUT2D eigenvalue weighted by atomic mass is 9.99. The van der Waals surface area contributed by atoms with Gasteiger partial charge in [0.1, 0.15) is 10.0 Å². The first-order valence-electron chi connectivity index (χ1n) is 7.69. The van der Waals surface area contributed by atoms with Crippen molar-refractivity contribution in [2.45, 2.75) is 18.4 Å². The van der Waals surface area contributed by atoms with Gasteiger partial charge in [0.25, 0.3) is 0 Å². The van der Waals surface area contributed by atoms with E-state index in [1.807, 2.05) is 36.4 Å². The molecule has 0 amide bonds. The number of fused-ring (bicyclic) bond motifs is 2. The summed E-state index contributed by atoms with van der Waals surface area (Å²) < 4.78 is 2.23. The Morgan fingerprint density at radius 3 is 1.74 bits per heavy atom. The number of para-hydroxylation sites is 2. The van der Waals surface area contributed by atoms with Crippen LogP contribution in [0.25, 0.3) is 20.4 Å². The van der Waals surface area contributed by atoms with E-state index < -0.39 is 5.60 Å². The second-order valence-corrected chi connectivity index (χ2v) is 8.08. The molecule has 0 saturated heterocycles. The Kier molecular flexibility index (Phi) is 2.86. The molecule has 0 atom stereocenters. The zero-order chi connectivity index (χ0) is 15.4. The average Bonchev–Trinajstić information content (AvgIpc) is 3.20. The van der Waals surface area contributed by atoms with Crippen molar-refractivity contribution in [3.05, 3.63) is 58.5 Å². The first-order valence-corrected chi connectivity index (χ1v) is 9.33. The summed E-state index contributed by atoms with van der Waals surface area (Å²) in [5.74, 6) is 0.226. The van der Waals surface area contributed by atoms with Gasteiger partial charge in [-0.1, -0.05) is 24.3 Å². The molecule has 0 spiro atoms. The van der Waals surface area contributed by atoms with Crippen LogP contribution >= 0.6 is 22.7 Å². The van der Waals surface area contributed by atoms with Crippen LogP contribution in [-0.2, 0) is 5.60 Å². The molecule has 1 aliphatic rings. The maximum atomic E-state index is 11.6. The van der Waals surface area contributed by atoms with Crippen molar-refractivity contribution in [3.63, 3.8) is 0 Å². The number of nitrogens with zero attached hydrogens (tertiary/aromatic N) is 2. The number of hydrogen-bond donors (Lipinski definition) is 1. The average molecular weight is 338 g/mol. The van der Waals surface area contributed by atoms with Crippen molar-refractivity contribution in [2.75, 3.05) is 0 Å². The summed E-state index contributed by atoms with van der Waals surface area (Å²) in [6, 6.07) is 16.1. The summed E-state index contributed by atoms with van der Waals surface area (Å²) in [7, 11) is 0.